The monoisotopic (exact) mass is 467 g/mol. The molecule has 0 saturated carbocycles. The van der Waals surface area contributed by atoms with Crippen LogP contribution in [0.5, 0.6) is 0 Å². The summed E-state index contributed by atoms with van der Waals surface area (Å²) in [6.07, 6.45) is 4.95. The molecule has 0 bridgehead atoms. The number of amides is 1. The number of benzene rings is 2. The maximum atomic E-state index is 12.8. The molecule has 3 aromatic rings. The van der Waals surface area contributed by atoms with Crippen molar-refractivity contribution in [3.8, 4) is 0 Å². The number of nitrogens with zero attached hydrogens (tertiary/aromatic N) is 3. The zero-order valence-electron chi connectivity index (χ0n) is 19.0. The Bertz CT molecular complexity index is 1250. The van der Waals surface area contributed by atoms with Crippen molar-refractivity contribution in [2.45, 2.75) is 57.4 Å². The molecule has 1 aliphatic heterocycles. The van der Waals surface area contributed by atoms with Crippen LogP contribution in [0.4, 0.5) is 5.69 Å². The van der Waals surface area contributed by atoms with Crippen molar-refractivity contribution in [2.75, 3.05) is 11.3 Å². The third-order valence-corrected chi connectivity index (χ3v) is 7.27. The average Bonchev–Trinajstić information content (AvgIpc) is 3.01. The van der Waals surface area contributed by atoms with Gasteiger partial charge >= 0.3 is 0 Å². The van der Waals surface area contributed by atoms with Crippen molar-refractivity contribution in [2.24, 2.45) is 0 Å². The summed E-state index contributed by atoms with van der Waals surface area (Å²) in [5, 5.41) is 11.5. The second-order valence-electron chi connectivity index (χ2n) is 8.45. The number of carbonyl (C=O) groups excluding carboxylic acids is 1. The number of nitrogens with one attached hydrogen (secondary N) is 2. The Balaban J connectivity index is 1.43. The lowest BCUT2D eigenvalue weighted by Gasteiger charge is -2.12. The fourth-order valence-corrected chi connectivity index (χ4v) is 5.05. The molecule has 174 valence electrons. The predicted molar refractivity (Wildman–Crippen MR) is 127 cm³/mol. The van der Waals surface area contributed by atoms with Crippen LogP contribution in [0.1, 0.15) is 52.4 Å². The van der Waals surface area contributed by atoms with Crippen LogP contribution in [0.15, 0.2) is 47.4 Å². The number of rotatable bonds is 7. The summed E-state index contributed by atoms with van der Waals surface area (Å²) in [6.45, 7) is 5.03. The van der Waals surface area contributed by atoms with Gasteiger partial charge in [-0.3, -0.25) is 9.52 Å². The first-order chi connectivity index (χ1) is 15.8. The first-order valence-electron chi connectivity index (χ1n) is 11.2. The highest BCUT2D eigenvalue weighted by Crippen LogP contribution is 2.20. The number of aryl methyl sites for hydroxylation is 3. The molecule has 0 unspecified atom stereocenters. The van der Waals surface area contributed by atoms with E-state index in [1.165, 1.54) is 18.6 Å². The summed E-state index contributed by atoms with van der Waals surface area (Å²) in [7, 11) is -3.82. The Morgan fingerprint density at radius 1 is 1.03 bits per heavy atom. The molecule has 33 heavy (non-hydrogen) atoms. The lowest BCUT2D eigenvalue weighted by Crippen LogP contribution is -2.27. The molecule has 2 heterocycles. The Labute approximate surface area is 194 Å². The van der Waals surface area contributed by atoms with Crippen molar-refractivity contribution < 1.29 is 13.2 Å². The third kappa shape index (κ3) is 5.42. The van der Waals surface area contributed by atoms with E-state index in [4.69, 9.17) is 0 Å². The molecular weight excluding hydrogens is 438 g/mol. The molecule has 9 heteroatoms. The van der Waals surface area contributed by atoms with Gasteiger partial charge < -0.3 is 9.88 Å². The molecule has 2 aromatic carbocycles. The van der Waals surface area contributed by atoms with Crippen molar-refractivity contribution in [1.29, 1.82) is 0 Å². The Morgan fingerprint density at radius 3 is 2.61 bits per heavy atom. The second kappa shape index (κ2) is 9.74. The highest BCUT2D eigenvalue weighted by atomic mass is 32.2. The average molecular weight is 468 g/mol. The quantitative estimate of drug-likeness (QED) is 0.554. The largest absolute Gasteiger partial charge is 0.352 e. The fraction of sp³-hybridized carbons (Fsp3) is 0.375. The molecule has 1 amide bonds. The predicted octanol–water partition coefficient (Wildman–Crippen LogP) is 3.39. The molecule has 0 fully saturated rings. The minimum atomic E-state index is -3.82. The number of hydrogen-bond acceptors (Lipinski definition) is 5. The van der Waals surface area contributed by atoms with Crippen LogP contribution < -0.4 is 10.0 Å². The molecular formula is C24H29N5O3S. The van der Waals surface area contributed by atoms with Gasteiger partial charge in [-0.25, -0.2) is 8.42 Å². The maximum absolute atomic E-state index is 12.8. The molecule has 8 nitrogen and oxygen atoms in total. The van der Waals surface area contributed by atoms with E-state index in [1.54, 1.807) is 25.1 Å². The maximum Gasteiger partial charge on any atom is 0.261 e. The van der Waals surface area contributed by atoms with E-state index in [0.29, 0.717) is 29.8 Å². The first-order valence-corrected chi connectivity index (χ1v) is 12.7. The van der Waals surface area contributed by atoms with Crippen molar-refractivity contribution in [1.82, 2.24) is 20.1 Å². The second-order valence-corrected chi connectivity index (χ2v) is 10.1. The van der Waals surface area contributed by atoms with Gasteiger partial charge in [-0.05, 0) is 56.5 Å². The van der Waals surface area contributed by atoms with Crippen LogP contribution in [0.3, 0.4) is 0 Å². The van der Waals surface area contributed by atoms with Gasteiger partial charge in [-0.15, -0.1) is 10.2 Å². The molecule has 0 radical (unpaired) electrons. The van der Waals surface area contributed by atoms with Gasteiger partial charge in [-0.2, -0.15) is 0 Å². The topological polar surface area (TPSA) is 106 Å². The summed E-state index contributed by atoms with van der Waals surface area (Å²) < 4.78 is 30.4. The van der Waals surface area contributed by atoms with Crippen LogP contribution in [0.25, 0.3) is 0 Å². The van der Waals surface area contributed by atoms with Crippen molar-refractivity contribution in [3.63, 3.8) is 0 Å². The highest BCUT2D eigenvalue weighted by molar-refractivity contribution is 7.92. The summed E-state index contributed by atoms with van der Waals surface area (Å²) in [5.74, 6) is 1.58. The molecule has 0 aliphatic carbocycles. The van der Waals surface area contributed by atoms with E-state index < -0.39 is 10.0 Å². The molecule has 2 N–H and O–H groups in total. The molecule has 0 spiro atoms. The van der Waals surface area contributed by atoms with Crippen molar-refractivity contribution >= 4 is 21.6 Å². The molecule has 0 atom stereocenters. The van der Waals surface area contributed by atoms with E-state index in [9.17, 15) is 13.2 Å². The number of fused-ring (bicyclic) bond motifs is 1. The van der Waals surface area contributed by atoms with Crippen LogP contribution in [0, 0.1) is 13.8 Å². The van der Waals surface area contributed by atoms with Gasteiger partial charge in [0.25, 0.3) is 15.9 Å². The normalized spacial score (nSPS) is 13.8. The first kappa shape index (κ1) is 23.0. The Kier molecular flexibility index (Phi) is 6.78. The van der Waals surface area contributed by atoms with Crippen LogP contribution in [-0.4, -0.2) is 35.6 Å². The van der Waals surface area contributed by atoms with E-state index in [-0.39, 0.29) is 10.8 Å². The number of anilines is 1. The smallest absolute Gasteiger partial charge is 0.261 e. The third-order valence-electron chi connectivity index (χ3n) is 5.89. The van der Waals surface area contributed by atoms with Gasteiger partial charge in [0.05, 0.1) is 4.90 Å². The zero-order valence-corrected chi connectivity index (χ0v) is 19.8. The highest BCUT2D eigenvalue weighted by Gasteiger charge is 2.19. The van der Waals surface area contributed by atoms with E-state index in [0.717, 1.165) is 43.0 Å². The number of sulfonamides is 1. The summed E-state index contributed by atoms with van der Waals surface area (Å²) >= 11 is 0. The van der Waals surface area contributed by atoms with Gasteiger partial charge in [0.2, 0.25) is 0 Å². The van der Waals surface area contributed by atoms with Gasteiger partial charge in [0.15, 0.2) is 0 Å². The van der Waals surface area contributed by atoms with E-state index in [1.807, 2.05) is 19.1 Å². The van der Waals surface area contributed by atoms with Crippen LogP contribution >= 0.6 is 0 Å². The molecule has 1 aromatic heterocycles. The van der Waals surface area contributed by atoms with Crippen molar-refractivity contribution in [3.05, 3.63) is 70.8 Å². The lowest BCUT2D eigenvalue weighted by molar-refractivity contribution is 0.0953. The van der Waals surface area contributed by atoms with Gasteiger partial charge in [0.1, 0.15) is 11.6 Å². The number of hydrogen-bond donors (Lipinski definition) is 2. The van der Waals surface area contributed by atoms with Crippen LogP contribution in [0.2, 0.25) is 0 Å². The standard InChI is InChI=1S/C24H29N5O3S/c1-17-7-10-19(11-8-17)28-33(31,32)20-12-9-18(2)21(16-20)24(30)25-14-13-23-27-26-22-6-4-3-5-15-29(22)23/h7-12,16,28H,3-6,13-15H2,1-2H3,(H,25,30). The number of carbonyl (C=O) groups is 1. The summed E-state index contributed by atoms with van der Waals surface area (Å²) in [5.41, 5.74) is 2.55. The Hall–Kier alpha value is -3.20. The zero-order chi connectivity index (χ0) is 23.4. The number of aromatic nitrogens is 3. The molecule has 4 rings (SSSR count). The SMILES string of the molecule is Cc1ccc(NS(=O)(=O)c2ccc(C)c(C(=O)NCCc3nnc4n3CCCCC4)c2)cc1. The summed E-state index contributed by atoms with van der Waals surface area (Å²) in [4.78, 5) is 12.9. The van der Waals surface area contributed by atoms with Gasteiger partial charge in [0, 0.05) is 37.2 Å². The van der Waals surface area contributed by atoms with E-state index >= 15 is 0 Å². The minimum absolute atomic E-state index is 0.0431. The van der Waals surface area contributed by atoms with E-state index in [2.05, 4.69) is 24.8 Å². The lowest BCUT2D eigenvalue weighted by atomic mass is 10.1. The fourth-order valence-electron chi connectivity index (χ4n) is 3.96. The van der Waals surface area contributed by atoms with Crippen LogP contribution in [-0.2, 0) is 29.4 Å². The molecule has 0 saturated heterocycles. The Morgan fingerprint density at radius 2 is 1.82 bits per heavy atom. The minimum Gasteiger partial charge on any atom is -0.352 e. The van der Waals surface area contributed by atoms with Gasteiger partial charge in [-0.1, -0.05) is 30.2 Å². The molecule has 1 aliphatic rings. The summed E-state index contributed by atoms with van der Waals surface area (Å²) in [6, 6.07) is 11.7.